The minimum atomic E-state index is -0.0130. The van der Waals surface area contributed by atoms with Crippen LogP contribution < -0.4 is 10.6 Å². The second-order valence-corrected chi connectivity index (χ2v) is 7.72. The summed E-state index contributed by atoms with van der Waals surface area (Å²) in [6, 6.07) is 4.45. The van der Waals surface area contributed by atoms with E-state index in [1.807, 2.05) is 19.1 Å². The minimum Gasteiger partial charge on any atom is -0.347 e. The van der Waals surface area contributed by atoms with Crippen LogP contribution >= 0.6 is 22.9 Å². The van der Waals surface area contributed by atoms with E-state index in [1.54, 1.807) is 0 Å². The highest BCUT2D eigenvalue weighted by atomic mass is 35.5. The van der Waals surface area contributed by atoms with Gasteiger partial charge in [-0.1, -0.05) is 24.4 Å². The van der Waals surface area contributed by atoms with Crippen LogP contribution in [-0.4, -0.2) is 18.0 Å². The predicted molar refractivity (Wildman–Crippen MR) is 83.2 cm³/mol. The van der Waals surface area contributed by atoms with Crippen LogP contribution in [0, 0.1) is 5.92 Å². The van der Waals surface area contributed by atoms with E-state index in [-0.39, 0.29) is 18.0 Å². The smallest absolute Gasteiger partial charge is 0.237 e. The molecular formula is C15H21ClN2OS. The van der Waals surface area contributed by atoms with Crippen molar-refractivity contribution in [2.45, 2.75) is 57.2 Å². The van der Waals surface area contributed by atoms with Gasteiger partial charge in [0.05, 0.1) is 16.4 Å². The van der Waals surface area contributed by atoms with Gasteiger partial charge in [-0.25, -0.2) is 0 Å². The zero-order valence-electron chi connectivity index (χ0n) is 11.7. The maximum absolute atomic E-state index is 12.4. The topological polar surface area (TPSA) is 41.1 Å². The molecule has 1 aromatic heterocycles. The van der Waals surface area contributed by atoms with Crippen molar-refractivity contribution in [3.8, 4) is 0 Å². The maximum Gasteiger partial charge on any atom is 0.237 e. The molecule has 0 bridgehead atoms. The summed E-state index contributed by atoms with van der Waals surface area (Å²) in [4.78, 5) is 13.5. The van der Waals surface area contributed by atoms with Crippen LogP contribution in [0.3, 0.4) is 0 Å². The molecule has 5 heteroatoms. The molecule has 1 aromatic rings. The molecule has 3 rings (SSSR count). The Hall–Kier alpha value is -0.580. The molecule has 0 spiro atoms. The number of thiophene rings is 1. The number of hydrogen-bond donors (Lipinski definition) is 2. The zero-order chi connectivity index (χ0) is 14.1. The van der Waals surface area contributed by atoms with E-state index in [9.17, 15) is 4.79 Å². The lowest BCUT2D eigenvalue weighted by Gasteiger charge is -2.24. The second-order valence-electron chi connectivity index (χ2n) is 5.98. The Kier molecular flexibility index (Phi) is 4.34. The maximum atomic E-state index is 12.4. The highest BCUT2D eigenvalue weighted by Crippen LogP contribution is 2.33. The Morgan fingerprint density at radius 3 is 2.95 bits per heavy atom. The molecule has 2 heterocycles. The van der Waals surface area contributed by atoms with Gasteiger partial charge in [0.1, 0.15) is 0 Å². The monoisotopic (exact) mass is 312 g/mol. The van der Waals surface area contributed by atoms with Crippen molar-refractivity contribution in [2.75, 3.05) is 0 Å². The quantitative estimate of drug-likeness (QED) is 0.897. The van der Waals surface area contributed by atoms with Crippen LogP contribution in [-0.2, 0) is 4.79 Å². The van der Waals surface area contributed by atoms with E-state index in [4.69, 9.17) is 11.6 Å². The van der Waals surface area contributed by atoms with Gasteiger partial charge >= 0.3 is 0 Å². The summed E-state index contributed by atoms with van der Waals surface area (Å²) >= 11 is 7.48. The number of nitrogens with one attached hydrogen (secondary N) is 2. The number of carbonyl (C=O) groups is 1. The summed E-state index contributed by atoms with van der Waals surface area (Å²) < 4.78 is 0.770. The normalized spacial score (nSPS) is 30.8. The third-order valence-electron chi connectivity index (χ3n) is 4.56. The summed E-state index contributed by atoms with van der Waals surface area (Å²) in [7, 11) is 0. The average molecular weight is 313 g/mol. The fourth-order valence-electron chi connectivity index (χ4n) is 3.47. The van der Waals surface area contributed by atoms with Gasteiger partial charge in [0.2, 0.25) is 5.91 Å². The Morgan fingerprint density at radius 2 is 2.25 bits per heavy atom. The van der Waals surface area contributed by atoms with Gasteiger partial charge in [0, 0.05) is 10.9 Å². The first-order valence-electron chi connectivity index (χ1n) is 7.45. The Bertz CT molecular complexity index is 476. The number of rotatable bonds is 3. The molecule has 2 N–H and O–H groups in total. The van der Waals surface area contributed by atoms with Crippen molar-refractivity contribution in [2.24, 2.45) is 5.92 Å². The first kappa shape index (κ1) is 14.4. The Labute approximate surface area is 129 Å². The zero-order valence-corrected chi connectivity index (χ0v) is 13.3. The van der Waals surface area contributed by atoms with E-state index in [0.717, 1.165) is 15.6 Å². The van der Waals surface area contributed by atoms with Crippen molar-refractivity contribution in [1.29, 1.82) is 0 Å². The standard InChI is InChI=1S/C15H21ClN2OS/c1-9(13-6-7-14(16)20-13)17-15(19)12-8-10-4-2-3-5-11(10)18-12/h6-7,9-12,18H,2-5,8H2,1H3,(H,17,19). The molecule has 2 aliphatic rings. The van der Waals surface area contributed by atoms with Crippen molar-refractivity contribution >= 4 is 28.8 Å². The van der Waals surface area contributed by atoms with Crippen molar-refractivity contribution in [3.05, 3.63) is 21.3 Å². The summed E-state index contributed by atoms with van der Waals surface area (Å²) in [5.74, 6) is 0.836. The highest BCUT2D eigenvalue weighted by Gasteiger charge is 2.38. The third kappa shape index (κ3) is 3.02. The summed E-state index contributed by atoms with van der Waals surface area (Å²) in [5, 5.41) is 6.63. The van der Waals surface area contributed by atoms with Crippen LogP contribution in [0.4, 0.5) is 0 Å². The van der Waals surface area contributed by atoms with Crippen molar-refractivity contribution in [3.63, 3.8) is 0 Å². The van der Waals surface area contributed by atoms with E-state index in [2.05, 4.69) is 10.6 Å². The Balaban J connectivity index is 1.57. The molecule has 3 nitrogen and oxygen atoms in total. The number of halogens is 1. The van der Waals surface area contributed by atoms with Crippen LogP contribution in [0.25, 0.3) is 0 Å². The molecule has 0 radical (unpaired) electrons. The van der Waals surface area contributed by atoms with Crippen LogP contribution in [0.5, 0.6) is 0 Å². The molecule has 20 heavy (non-hydrogen) atoms. The highest BCUT2D eigenvalue weighted by molar-refractivity contribution is 7.16. The molecule has 1 aliphatic carbocycles. The molecule has 2 fully saturated rings. The molecule has 1 saturated carbocycles. The van der Waals surface area contributed by atoms with Crippen molar-refractivity contribution in [1.82, 2.24) is 10.6 Å². The fourth-order valence-corrected chi connectivity index (χ4v) is 4.53. The Morgan fingerprint density at radius 1 is 1.45 bits per heavy atom. The van der Waals surface area contributed by atoms with Crippen molar-refractivity contribution < 1.29 is 4.79 Å². The van der Waals surface area contributed by atoms with Gasteiger partial charge in [-0.2, -0.15) is 0 Å². The number of fused-ring (bicyclic) bond motifs is 1. The van der Waals surface area contributed by atoms with Crippen LogP contribution in [0.1, 0.15) is 49.9 Å². The number of carbonyl (C=O) groups excluding carboxylic acids is 1. The SMILES string of the molecule is CC(NC(=O)C1CC2CCCCC2N1)c1ccc(Cl)s1. The van der Waals surface area contributed by atoms with Gasteiger partial charge in [0.15, 0.2) is 0 Å². The molecule has 4 unspecified atom stereocenters. The first-order valence-corrected chi connectivity index (χ1v) is 8.64. The van der Waals surface area contributed by atoms with E-state index in [0.29, 0.717) is 12.0 Å². The molecule has 0 aromatic carbocycles. The van der Waals surface area contributed by atoms with E-state index >= 15 is 0 Å². The first-order chi connectivity index (χ1) is 9.63. The lowest BCUT2D eigenvalue weighted by molar-refractivity contribution is -0.123. The van der Waals surface area contributed by atoms with Gasteiger partial charge < -0.3 is 10.6 Å². The van der Waals surface area contributed by atoms with Crippen LogP contribution in [0.2, 0.25) is 4.34 Å². The van der Waals surface area contributed by atoms with Gasteiger partial charge in [0.25, 0.3) is 0 Å². The lowest BCUT2D eigenvalue weighted by Crippen LogP contribution is -2.43. The summed E-state index contributed by atoms with van der Waals surface area (Å²) in [6.07, 6.45) is 6.12. The van der Waals surface area contributed by atoms with Crippen LogP contribution in [0.15, 0.2) is 12.1 Å². The largest absolute Gasteiger partial charge is 0.347 e. The molecule has 4 atom stereocenters. The summed E-state index contributed by atoms with van der Waals surface area (Å²) in [5.41, 5.74) is 0. The average Bonchev–Trinajstić information content (AvgIpc) is 3.04. The van der Waals surface area contributed by atoms with Gasteiger partial charge in [-0.05, 0) is 44.2 Å². The summed E-state index contributed by atoms with van der Waals surface area (Å²) in [6.45, 7) is 2.02. The van der Waals surface area contributed by atoms with E-state index < -0.39 is 0 Å². The molecule has 1 saturated heterocycles. The molecule has 110 valence electrons. The molecule has 1 amide bonds. The van der Waals surface area contributed by atoms with Gasteiger partial charge in [-0.15, -0.1) is 11.3 Å². The fraction of sp³-hybridized carbons (Fsp3) is 0.667. The predicted octanol–water partition coefficient (Wildman–Crippen LogP) is 3.50. The third-order valence-corrected chi connectivity index (χ3v) is 5.97. The van der Waals surface area contributed by atoms with E-state index in [1.165, 1.54) is 37.0 Å². The lowest BCUT2D eigenvalue weighted by atomic mass is 9.85. The number of hydrogen-bond acceptors (Lipinski definition) is 3. The van der Waals surface area contributed by atoms with Gasteiger partial charge in [-0.3, -0.25) is 4.79 Å². The molecule has 1 aliphatic heterocycles. The second kappa shape index (κ2) is 6.04. The number of amides is 1. The minimum absolute atomic E-state index is 0.0130. The molecular weight excluding hydrogens is 292 g/mol.